The number of carboxylic acids is 1. The molecule has 13 nitrogen and oxygen atoms in total. The topological polar surface area (TPSA) is 181 Å². The number of benzene rings is 1. The van der Waals surface area contributed by atoms with Crippen LogP contribution in [-0.2, 0) is 26.2 Å². The molecule has 3 heterocycles. The van der Waals surface area contributed by atoms with E-state index in [0.717, 1.165) is 4.31 Å². The van der Waals surface area contributed by atoms with Gasteiger partial charge in [0.15, 0.2) is 0 Å². The molecule has 0 bridgehead atoms. The molecule has 0 spiro atoms. The summed E-state index contributed by atoms with van der Waals surface area (Å²) in [4.78, 5) is 43.3. The molecule has 0 aliphatic carbocycles. The Bertz CT molecular complexity index is 1450. The van der Waals surface area contributed by atoms with Crippen molar-refractivity contribution in [2.75, 3.05) is 26.2 Å². The third-order valence-corrected chi connectivity index (χ3v) is 7.74. The summed E-state index contributed by atoms with van der Waals surface area (Å²) in [5.41, 5.74) is 5.88. The fourth-order valence-corrected chi connectivity index (χ4v) is 5.61. The highest BCUT2D eigenvalue weighted by molar-refractivity contribution is 7.89. The Hall–Kier alpha value is -4.25. The quantitative estimate of drug-likeness (QED) is 0.344. The molecule has 1 unspecified atom stereocenters. The number of para-hydroxylation sites is 1. The van der Waals surface area contributed by atoms with E-state index in [4.69, 9.17) is 15.6 Å². The molecule has 1 aliphatic rings. The number of primary amides is 1. The van der Waals surface area contributed by atoms with Crippen molar-refractivity contribution in [3.05, 3.63) is 55.2 Å². The highest BCUT2D eigenvalue weighted by Crippen LogP contribution is 2.27. The van der Waals surface area contributed by atoms with Crippen molar-refractivity contribution in [2.45, 2.75) is 30.1 Å². The number of aryl methyl sites for hydroxylation is 1. The molecule has 3 amide bonds. The number of fused-ring (bicyclic) bond motifs is 1. The van der Waals surface area contributed by atoms with Gasteiger partial charge in [-0.25, -0.2) is 23.0 Å². The van der Waals surface area contributed by atoms with Gasteiger partial charge in [0.2, 0.25) is 15.9 Å². The summed E-state index contributed by atoms with van der Waals surface area (Å²) in [6, 6.07) is 6.79. The number of halogens is 3. The fraction of sp³-hybridized carbons (Fsp3) is 0.348. The van der Waals surface area contributed by atoms with Gasteiger partial charge >= 0.3 is 18.2 Å². The number of nitrogens with two attached hydrogens (primary N) is 1. The molecular weight excluding hydrogens is 559 g/mol. The first-order chi connectivity index (χ1) is 18.8. The number of hydrogen-bond donors (Lipinski definition) is 3. The Labute approximate surface area is 226 Å². The van der Waals surface area contributed by atoms with Crippen molar-refractivity contribution < 1.29 is 41.1 Å². The Kier molecular flexibility index (Phi) is 9.65. The number of carbonyl (C=O) groups excluding carboxylic acids is 2. The van der Waals surface area contributed by atoms with E-state index in [-0.39, 0.29) is 30.6 Å². The average molecular weight is 586 g/mol. The highest BCUT2D eigenvalue weighted by Gasteiger charge is 2.41. The normalized spacial score (nSPS) is 16.2. The molecule has 0 radical (unpaired) electrons. The number of aromatic nitrogens is 3. The molecule has 1 saturated heterocycles. The molecule has 3 aromatic rings. The van der Waals surface area contributed by atoms with Crippen LogP contribution in [0.3, 0.4) is 0 Å². The molecule has 1 aliphatic heterocycles. The van der Waals surface area contributed by atoms with Gasteiger partial charge in [-0.05, 0) is 18.6 Å². The number of alkyl halides is 3. The molecule has 4 rings (SSSR count). The van der Waals surface area contributed by atoms with Crippen LogP contribution in [0.4, 0.5) is 18.0 Å². The van der Waals surface area contributed by atoms with Gasteiger partial charge in [0.1, 0.15) is 10.9 Å². The molecule has 1 atom stereocenters. The number of aliphatic carboxylic acids is 1. The van der Waals surface area contributed by atoms with Crippen molar-refractivity contribution in [1.29, 1.82) is 0 Å². The van der Waals surface area contributed by atoms with Crippen LogP contribution in [0, 0.1) is 0 Å². The van der Waals surface area contributed by atoms with Crippen LogP contribution >= 0.6 is 0 Å². The minimum Gasteiger partial charge on any atom is -0.475 e. The first kappa shape index (κ1) is 30.3. The van der Waals surface area contributed by atoms with Gasteiger partial charge in [0.25, 0.3) is 0 Å². The number of carboxylic acid groups (broad SMARTS) is 1. The lowest BCUT2D eigenvalue weighted by Crippen LogP contribution is -2.62. The first-order valence-corrected chi connectivity index (χ1v) is 13.2. The summed E-state index contributed by atoms with van der Waals surface area (Å²) in [6.07, 6.45) is 2.35. The molecule has 2 aromatic heterocycles. The Morgan fingerprint density at radius 1 is 1.12 bits per heavy atom. The van der Waals surface area contributed by atoms with Gasteiger partial charge in [0.05, 0.1) is 11.8 Å². The predicted octanol–water partition coefficient (Wildman–Crippen LogP) is 1.02. The van der Waals surface area contributed by atoms with Crippen molar-refractivity contribution in [3.8, 4) is 0 Å². The SMILES string of the molecule is NC(=O)C1CN(C(=O)NCCCn2ccnc2)CCN1S(=O)(=O)c1cccc2cccnc12.O=C(O)C(F)(F)F. The summed E-state index contributed by atoms with van der Waals surface area (Å²) in [5.74, 6) is -3.57. The molecular formula is C23H26F3N7O6S. The van der Waals surface area contributed by atoms with E-state index in [0.29, 0.717) is 30.4 Å². The van der Waals surface area contributed by atoms with Gasteiger partial charge in [0, 0.05) is 56.7 Å². The van der Waals surface area contributed by atoms with Crippen LogP contribution in [0.1, 0.15) is 6.42 Å². The standard InChI is InChI=1S/C21H25N7O4S.C2HF3O2/c22-20(29)17-14-27(21(30)25-8-3-10-26-11-9-23-15-26)12-13-28(17)33(31,32)18-6-1-4-16-5-2-7-24-19(16)18;3-2(4,5)1(6)7/h1-2,4-7,9,11,15,17H,3,8,10,12-14H2,(H2,22,29)(H,25,30);(H,6,7). The molecule has 40 heavy (non-hydrogen) atoms. The number of amides is 3. The van der Waals surface area contributed by atoms with Crippen LogP contribution in [-0.4, -0.2) is 93.6 Å². The number of carbonyl (C=O) groups is 3. The number of nitrogens with zero attached hydrogens (tertiary/aromatic N) is 5. The number of nitrogens with one attached hydrogen (secondary N) is 1. The maximum absolute atomic E-state index is 13.5. The zero-order valence-corrected chi connectivity index (χ0v) is 21.7. The number of hydrogen-bond acceptors (Lipinski definition) is 7. The van der Waals surface area contributed by atoms with Crippen LogP contribution < -0.4 is 11.1 Å². The van der Waals surface area contributed by atoms with Crippen molar-refractivity contribution in [3.63, 3.8) is 0 Å². The van der Waals surface area contributed by atoms with Gasteiger partial charge in [-0.2, -0.15) is 17.5 Å². The number of pyridine rings is 1. The second-order valence-corrected chi connectivity index (χ2v) is 10.4. The predicted molar refractivity (Wildman–Crippen MR) is 134 cm³/mol. The maximum atomic E-state index is 13.5. The largest absolute Gasteiger partial charge is 0.490 e. The van der Waals surface area contributed by atoms with Crippen molar-refractivity contribution >= 4 is 38.8 Å². The van der Waals surface area contributed by atoms with Gasteiger partial charge in [-0.1, -0.05) is 18.2 Å². The second-order valence-electron chi connectivity index (χ2n) is 8.50. The summed E-state index contributed by atoms with van der Waals surface area (Å²) in [6.45, 7) is 1.09. The maximum Gasteiger partial charge on any atom is 0.490 e. The second kappa shape index (κ2) is 12.7. The van der Waals surface area contributed by atoms with Crippen LogP contribution in [0.25, 0.3) is 10.9 Å². The number of piperazine rings is 1. The third-order valence-electron chi connectivity index (χ3n) is 5.80. The fourth-order valence-electron chi connectivity index (χ4n) is 3.87. The Morgan fingerprint density at radius 2 is 1.82 bits per heavy atom. The lowest BCUT2D eigenvalue weighted by atomic mass is 10.2. The lowest BCUT2D eigenvalue weighted by molar-refractivity contribution is -0.192. The minimum absolute atomic E-state index is 0.00394. The van der Waals surface area contributed by atoms with Crippen LogP contribution in [0.5, 0.6) is 0 Å². The smallest absolute Gasteiger partial charge is 0.475 e. The number of imidazole rings is 1. The minimum atomic E-state index is -5.08. The zero-order valence-electron chi connectivity index (χ0n) is 20.9. The van der Waals surface area contributed by atoms with E-state index in [1.807, 2.05) is 10.8 Å². The number of urea groups is 1. The summed E-state index contributed by atoms with van der Waals surface area (Å²) in [7, 11) is -4.08. The zero-order chi connectivity index (χ0) is 29.5. The monoisotopic (exact) mass is 585 g/mol. The van der Waals surface area contributed by atoms with E-state index in [1.165, 1.54) is 17.2 Å². The summed E-state index contributed by atoms with van der Waals surface area (Å²) >= 11 is 0. The summed E-state index contributed by atoms with van der Waals surface area (Å²) in [5, 5.41) is 10.6. The Balaban J connectivity index is 0.000000559. The molecule has 17 heteroatoms. The van der Waals surface area contributed by atoms with E-state index in [2.05, 4.69) is 15.3 Å². The first-order valence-electron chi connectivity index (χ1n) is 11.8. The molecule has 216 valence electrons. The Morgan fingerprint density at radius 3 is 2.45 bits per heavy atom. The van der Waals surface area contributed by atoms with E-state index in [9.17, 15) is 31.2 Å². The molecule has 1 aromatic carbocycles. The number of sulfonamides is 1. The van der Waals surface area contributed by atoms with Gasteiger partial charge in [-0.15, -0.1) is 0 Å². The highest BCUT2D eigenvalue weighted by atomic mass is 32.2. The van der Waals surface area contributed by atoms with Crippen molar-refractivity contribution in [2.24, 2.45) is 5.73 Å². The van der Waals surface area contributed by atoms with Crippen molar-refractivity contribution in [1.82, 2.24) is 29.1 Å². The van der Waals surface area contributed by atoms with Crippen LogP contribution in [0.2, 0.25) is 0 Å². The van der Waals surface area contributed by atoms with E-state index < -0.39 is 34.1 Å². The summed E-state index contributed by atoms with van der Waals surface area (Å²) < 4.78 is 61.6. The molecule has 0 saturated carbocycles. The molecule has 4 N–H and O–H groups in total. The van der Waals surface area contributed by atoms with Gasteiger partial charge in [-0.3, -0.25) is 9.78 Å². The third kappa shape index (κ3) is 7.44. The number of rotatable bonds is 7. The van der Waals surface area contributed by atoms with Crippen LogP contribution in [0.15, 0.2) is 60.1 Å². The van der Waals surface area contributed by atoms with E-state index in [1.54, 1.807) is 36.8 Å². The van der Waals surface area contributed by atoms with E-state index >= 15 is 0 Å². The van der Waals surface area contributed by atoms with Gasteiger partial charge < -0.3 is 25.6 Å². The lowest BCUT2D eigenvalue weighted by Gasteiger charge is -2.38. The average Bonchev–Trinajstić information content (AvgIpc) is 3.43. The molecule has 1 fully saturated rings.